The number of nitrogens with zero attached hydrogens (tertiary/aromatic N) is 1. The summed E-state index contributed by atoms with van der Waals surface area (Å²) in [7, 11) is 0. The molecular weight excluding hydrogens is 180 g/mol. The van der Waals surface area contributed by atoms with Crippen molar-refractivity contribution in [3.63, 3.8) is 0 Å². The van der Waals surface area contributed by atoms with Crippen LogP contribution >= 0.6 is 0 Å². The highest BCUT2D eigenvalue weighted by Crippen LogP contribution is 2.18. The lowest BCUT2D eigenvalue weighted by Gasteiger charge is -2.24. The normalized spacial score (nSPS) is 35.4. The molecule has 2 aliphatic rings. The van der Waals surface area contributed by atoms with E-state index in [2.05, 4.69) is 10.2 Å². The van der Waals surface area contributed by atoms with Crippen molar-refractivity contribution in [1.29, 1.82) is 0 Å². The molecule has 80 valence electrons. The first-order valence-electron chi connectivity index (χ1n) is 5.47. The van der Waals surface area contributed by atoms with E-state index in [4.69, 9.17) is 0 Å². The summed E-state index contributed by atoms with van der Waals surface area (Å²) >= 11 is 0. The molecule has 2 heterocycles. The molecule has 4 heteroatoms. The lowest BCUT2D eigenvalue weighted by molar-refractivity contribution is -0.125. The Balaban J connectivity index is 1.97. The largest absolute Gasteiger partial charge is 0.392 e. The third-order valence-electron chi connectivity index (χ3n) is 3.14. The SMILES string of the molecule is O=C1NCCCCC1N1CC[C@H](O)C1. The molecular formula is C10H18N2O2. The Morgan fingerprint density at radius 2 is 2.21 bits per heavy atom. The second-order valence-electron chi connectivity index (χ2n) is 4.24. The molecule has 0 spiro atoms. The molecule has 1 unspecified atom stereocenters. The molecule has 2 atom stereocenters. The maximum atomic E-state index is 11.7. The molecule has 2 fully saturated rings. The summed E-state index contributed by atoms with van der Waals surface area (Å²) in [4.78, 5) is 13.8. The number of β-amino-alcohol motifs (C(OH)–C–C–N with tert-alkyl or cyclic N) is 1. The minimum atomic E-state index is -0.231. The highest BCUT2D eigenvalue weighted by Gasteiger charge is 2.31. The Morgan fingerprint density at radius 3 is 2.93 bits per heavy atom. The predicted molar refractivity (Wildman–Crippen MR) is 52.8 cm³/mol. The van der Waals surface area contributed by atoms with Gasteiger partial charge in [0.1, 0.15) is 0 Å². The average Bonchev–Trinajstić information content (AvgIpc) is 2.46. The van der Waals surface area contributed by atoms with Gasteiger partial charge >= 0.3 is 0 Å². The van der Waals surface area contributed by atoms with Gasteiger partial charge in [-0.3, -0.25) is 9.69 Å². The summed E-state index contributed by atoms with van der Waals surface area (Å²) in [6.45, 7) is 2.34. The molecule has 4 nitrogen and oxygen atoms in total. The average molecular weight is 198 g/mol. The van der Waals surface area contributed by atoms with Crippen LogP contribution in [-0.4, -0.2) is 47.7 Å². The van der Waals surface area contributed by atoms with Crippen LogP contribution in [0.3, 0.4) is 0 Å². The number of rotatable bonds is 1. The van der Waals surface area contributed by atoms with Crippen LogP contribution in [0.4, 0.5) is 0 Å². The van der Waals surface area contributed by atoms with Crippen molar-refractivity contribution in [3.05, 3.63) is 0 Å². The Kier molecular flexibility index (Phi) is 3.03. The highest BCUT2D eigenvalue weighted by molar-refractivity contribution is 5.81. The second kappa shape index (κ2) is 4.28. The molecule has 2 rings (SSSR count). The first-order chi connectivity index (χ1) is 6.77. The quantitative estimate of drug-likeness (QED) is 0.609. The maximum Gasteiger partial charge on any atom is 0.237 e. The fourth-order valence-corrected chi connectivity index (χ4v) is 2.32. The Morgan fingerprint density at radius 1 is 1.36 bits per heavy atom. The van der Waals surface area contributed by atoms with Crippen LogP contribution in [0.5, 0.6) is 0 Å². The van der Waals surface area contributed by atoms with Gasteiger partial charge in [0.05, 0.1) is 12.1 Å². The van der Waals surface area contributed by atoms with Crippen LogP contribution in [0.15, 0.2) is 0 Å². The molecule has 0 aromatic carbocycles. The lowest BCUT2D eigenvalue weighted by atomic mass is 10.1. The van der Waals surface area contributed by atoms with Crippen LogP contribution in [0.1, 0.15) is 25.7 Å². The van der Waals surface area contributed by atoms with Crippen LogP contribution in [0.25, 0.3) is 0 Å². The number of nitrogens with one attached hydrogen (secondary N) is 1. The van der Waals surface area contributed by atoms with Crippen molar-refractivity contribution in [3.8, 4) is 0 Å². The zero-order valence-electron chi connectivity index (χ0n) is 8.41. The van der Waals surface area contributed by atoms with E-state index in [0.29, 0.717) is 6.54 Å². The molecule has 0 aromatic heterocycles. The van der Waals surface area contributed by atoms with E-state index in [9.17, 15) is 9.90 Å². The number of likely N-dealkylation sites (tertiary alicyclic amines) is 1. The van der Waals surface area contributed by atoms with E-state index in [1.165, 1.54) is 0 Å². The van der Waals surface area contributed by atoms with E-state index < -0.39 is 0 Å². The predicted octanol–water partition coefficient (Wildman–Crippen LogP) is -0.278. The van der Waals surface area contributed by atoms with Crippen molar-refractivity contribution < 1.29 is 9.90 Å². The summed E-state index contributed by atoms with van der Waals surface area (Å²) in [6.07, 6.45) is 3.71. The van der Waals surface area contributed by atoms with Gasteiger partial charge in [0.2, 0.25) is 5.91 Å². The van der Waals surface area contributed by atoms with E-state index in [0.717, 1.165) is 38.8 Å². The van der Waals surface area contributed by atoms with Crippen LogP contribution in [-0.2, 0) is 4.79 Å². The Bertz CT molecular complexity index is 220. The summed E-state index contributed by atoms with van der Waals surface area (Å²) in [5, 5.41) is 12.3. The third kappa shape index (κ3) is 2.07. The van der Waals surface area contributed by atoms with E-state index in [-0.39, 0.29) is 18.1 Å². The maximum absolute atomic E-state index is 11.7. The van der Waals surface area contributed by atoms with Crippen molar-refractivity contribution in [2.75, 3.05) is 19.6 Å². The molecule has 0 saturated carbocycles. The summed E-state index contributed by atoms with van der Waals surface area (Å²) < 4.78 is 0. The molecule has 2 aliphatic heterocycles. The molecule has 0 bridgehead atoms. The number of carbonyl (C=O) groups excluding carboxylic acids is 1. The number of amides is 1. The van der Waals surface area contributed by atoms with Gasteiger partial charge in [-0.2, -0.15) is 0 Å². The Hall–Kier alpha value is -0.610. The second-order valence-corrected chi connectivity index (χ2v) is 4.24. The van der Waals surface area contributed by atoms with Crippen LogP contribution in [0, 0.1) is 0 Å². The van der Waals surface area contributed by atoms with Gasteiger partial charge in [-0.1, -0.05) is 0 Å². The number of hydrogen-bond acceptors (Lipinski definition) is 3. The van der Waals surface area contributed by atoms with Gasteiger partial charge < -0.3 is 10.4 Å². The fraction of sp³-hybridized carbons (Fsp3) is 0.900. The summed E-state index contributed by atoms with van der Waals surface area (Å²) in [6, 6.07) is 0.00894. The van der Waals surface area contributed by atoms with Crippen LogP contribution < -0.4 is 5.32 Å². The summed E-state index contributed by atoms with van der Waals surface area (Å²) in [5.41, 5.74) is 0. The molecule has 2 N–H and O–H groups in total. The van der Waals surface area contributed by atoms with E-state index in [1.807, 2.05) is 0 Å². The molecule has 0 aliphatic carbocycles. The highest BCUT2D eigenvalue weighted by atomic mass is 16.3. The van der Waals surface area contributed by atoms with Crippen molar-refractivity contribution in [2.45, 2.75) is 37.8 Å². The van der Waals surface area contributed by atoms with Crippen molar-refractivity contribution >= 4 is 5.91 Å². The van der Waals surface area contributed by atoms with Gasteiger partial charge in [0, 0.05) is 19.6 Å². The first kappa shape index (κ1) is 9.93. The molecule has 2 saturated heterocycles. The summed E-state index contributed by atoms with van der Waals surface area (Å²) in [5.74, 6) is 0.150. The monoisotopic (exact) mass is 198 g/mol. The zero-order chi connectivity index (χ0) is 9.97. The molecule has 0 aromatic rings. The fourth-order valence-electron chi connectivity index (χ4n) is 2.32. The van der Waals surface area contributed by atoms with Gasteiger partial charge in [-0.25, -0.2) is 0 Å². The van der Waals surface area contributed by atoms with E-state index >= 15 is 0 Å². The standard InChI is InChI=1S/C10H18N2O2/c13-8-4-6-12(7-8)9-3-1-2-5-11-10(9)14/h8-9,13H,1-7H2,(H,11,14)/t8-,9?/m0/s1. The Labute approximate surface area is 84.3 Å². The zero-order valence-corrected chi connectivity index (χ0v) is 8.41. The molecule has 0 radical (unpaired) electrons. The number of carbonyl (C=O) groups is 1. The number of hydrogen-bond donors (Lipinski definition) is 2. The van der Waals surface area contributed by atoms with Crippen molar-refractivity contribution in [2.24, 2.45) is 0 Å². The minimum absolute atomic E-state index is 0.00894. The minimum Gasteiger partial charge on any atom is -0.392 e. The van der Waals surface area contributed by atoms with Crippen LogP contribution in [0.2, 0.25) is 0 Å². The first-order valence-corrected chi connectivity index (χ1v) is 5.47. The number of aliphatic hydroxyl groups is 1. The molecule has 1 amide bonds. The van der Waals surface area contributed by atoms with Gasteiger partial charge in [-0.15, -0.1) is 0 Å². The lowest BCUT2D eigenvalue weighted by Crippen LogP contribution is -2.45. The number of aliphatic hydroxyl groups excluding tert-OH is 1. The topological polar surface area (TPSA) is 52.6 Å². The van der Waals surface area contributed by atoms with Gasteiger partial charge in [0.25, 0.3) is 0 Å². The van der Waals surface area contributed by atoms with Gasteiger partial charge in [0.15, 0.2) is 0 Å². The third-order valence-corrected chi connectivity index (χ3v) is 3.14. The van der Waals surface area contributed by atoms with E-state index in [1.54, 1.807) is 0 Å². The van der Waals surface area contributed by atoms with Crippen molar-refractivity contribution in [1.82, 2.24) is 10.2 Å². The van der Waals surface area contributed by atoms with Gasteiger partial charge in [-0.05, 0) is 25.7 Å². The molecule has 14 heavy (non-hydrogen) atoms. The smallest absolute Gasteiger partial charge is 0.237 e.